The number of benzene rings is 1. The maximum Gasteiger partial charge on any atom is 0.275 e. The number of hydrazine groups is 1. The van der Waals surface area contributed by atoms with Crippen LogP contribution in [0.1, 0.15) is 32.1 Å². The molecule has 1 aromatic carbocycles. The van der Waals surface area contributed by atoms with E-state index in [2.05, 4.69) is 17.6 Å². The zero-order valence-electron chi connectivity index (χ0n) is 11.0. The first kappa shape index (κ1) is 13.1. The molecule has 0 saturated carbocycles. The van der Waals surface area contributed by atoms with Crippen LogP contribution in [0.5, 0.6) is 5.75 Å². The second-order valence-corrected chi connectivity index (χ2v) is 5.98. The first-order valence-electron chi connectivity index (χ1n) is 6.60. The summed E-state index contributed by atoms with van der Waals surface area (Å²) in [5, 5.41) is 0. The quantitative estimate of drug-likeness (QED) is 0.516. The maximum absolute atomic E-state index is 11.4. The number of thiophene rings is 1. The van der Waals surface area contributed by atoms with Gasteiger partial charge in [0.2, 0.25) is 0 Å². The Balaban J connectivity index is 1.64. The Hall–Kier alpha value is -1.85. The molecule has 0 spiro atoms. The number of ether oxygens (including phenoxy) is 1. The summed E-state index contributed by atoms with van der Waals surface area (Å²) >= 11 is 1.39. The van der Waals surface area contributed by atoms with Crippen molar-refractivity contribution < 1.29 is 9.53 Å². The Kier molecular flexibility index (Phi) is 3.71. The molecule has 4 nitrogen and oxygen atoms in total. The number of hydrogen-bond acceptors (Lipinski definition) is 4. The number of carbonyl (C=O) groups excluding carboxylic acids is 1. The highest BCUT2D eigenvalue weighted by molar-refractivity contribution is 7.14. The minimum atomic E-state index is -0.265. The lowest BCUT2D eigenvalue weighted by molar-refractivity contribution is 0.0957. The molecule has 0 saturated heterocycles. The van der Waals surface area contributed by atoms with Crippen molar-refractivity contribution in [2.45, 2.75) is 25.9 Å². The Morgan fingerprint density at radius 3 is 2.95 bits per heavy atom. The summed E-state index contributed by atoms with van der Waals surface area (Å²) in [4.78, 5) is 13.0. The van der Waals surface area contributed by atoms with Crippen LogP contribution < -0.4 is 16.0 Å². The largest absolute Gasteiger partial charge is 0.488 e. The predicted octanol–water partition coefficient (Wildman–Crippen LogP) is 2.42. The van der Waals surface area contributed by atoms with E-state index >= 15 is 0 Å². The van der Waals surface area contributed by atoms with Gasteiger partial charge in [-0.15, -0.1) is 11.3 Å². The molecule has 2 aromatic rings. The molecule has 1 aliphatic rings. The fourth-order valence-electron chi connectivity index (χ4n) is 2.44. The normalized spacial score (nSPS) is 13.1. The second kappa shape index (κ2) is 5.64. The molecule has 3 rings (SSSR count). The summed E-state index contributed by atoms with van der Waals surface area (Å²) < 4.78 is 5.79. The van der Waals surface area contributed by atoms with Crippen LogP contribution in [0.4, 0.5) is 0 Å². The standard InChI is InChI=1S/C15H16N2O2S/c16-17-15(18)14-7-6-13(20-14)9-19-12-5-4-10-2-1-3-11(10)8-12/h4-8H,1-3,9,16H2,(H,17,18). The summed E-state index contributed by atoms with van der Waals surface area (Å²) in [7, 11) is 0. The molecule has 1 aliphatic carbocycles. The van der Waals surface area contributed by atoms with E-state index in [0.29, 0.717) is 11.5 Å². The number of hydrogen-bond donors (Lipinski definition) is 2. The van der Waals surface area contributed by atoms with E-state index in [1.54, 1.807) is 6.07 Å². The van der Waals surface area contributed by atoms with Crippen molar-refractivity contribution in [1.29, 1.82) is 0 Å². The van der Waals surface area contributed by atoms with Crippen LogP contribution in [0.2, 0.25) is 0 Å². The van der Waals surface area contributed by atoms with Gasteiger partial charge in [-0.25, -0.2) is 5.84 Å². The lowest BCUT2D eigenvalue weighted by Gasteiger charge is -2.06. The number of rotatable bonds is 4. The number of amides is 1. The summed E-state index contributed by atoms with van der Waals surface area (Å²) in [6.45, 7) is 0.474. The average molecular weight is 288 g/mol. The van der Waals surface area contributed by atoms with E-state index in [0.717, 1.165) is 17.0 Å². The van der Waals surface area contributed by atoms with E-state index in [9.17, 15) is 4.79 Å². The van der Waals surface area contributed by atoms with Gasteiger partial charge in [-0.1, -0.05) is 6.07 Å². The summed E-state index contributed by atoms with van der Waals surface area (Å²) in [6, 6.07) is 9.95. The molecule has 1 heterocycles. The van der Waals surface area contributed by atoms with Crippen molar-refractivity contribution in [2.75, 3.05) is 0 Å². The first-order chi connectivity index (χ1) is 9.76. The van der Waals surface area contributed by atoms with Crippen molar-refractivity contribution in [2.24, 2.45) is 5.84 Å². The molecule has 3 N–H and O–H groups in total. The third-order valence-corrected chi connectivity index (χ3v) is 4.53. The number of nitrogens with one attached hydrogen (secondary N) is 1. The summed E-state index contributed by atoms with van der Waals surface area (Å²) in [6.07, 6.45) is 3.56. The summed E-state index contributed by atoms with van der Waals surface area (Å²) in [5.41, 5.74) is 4.97. The Morgan fingerprint density at radius 1 is 1.25 bits per heavy atom. The Bertz CT molecular complexity index is 637. The van der Waals surface area contributed by atoms with Crippen molar-refractivity contribution in [1.82, 2.24) is 5.43 Å². The lowest BCUT2D eigenvalue weighted by Crippen LogP contribution is -2.29. The Morgan fingerprint density at radius 2 is 2.10 bits per heavy atom. The van der Waals surface area contributed by atoms with Crippen molar-refractivity contribution in [3.63, 3.8) is 0 Å². The van der Waals surface area contributed by atoms with E-state index in [1.807, 2.05) is 12.1 Å². The summed E-state index contributed by atoms with van der Waals surface area (Å²) in [5.74, 6) is 5.73. The molecule has 0 atom stereocenters. The van der Waals surface area contributed by atoms with E-state index in [4.69, 9.17) is 10.6 Å². The molecular formula is C15H16N2O2S. The first-order valence-corrected chi connectivity index (χ1v) is 7.42. The van der Waals surface area contributed by atoms with Gasteiger partial charge in [-0.05, 0) is 54.7 Å². The minimum Gasteiger partial charge on any atom is -0.488 e. The fraction of sp³-hybridized carbons (Fsp3) is 0.267. The Labute approximate surface area is 121 Å². The van der Waals surface area contributed by atoms with Gasteiger partial charge in [0.1, 0.15) is 12.4 Å². The maximum atomic E-state index is 11.4. The topological polar surface area (TPSA) is 64.3 Å². The second-order valence-electron chi connectivity index (χ2n) is 4.81. The van der Waals surface area contributed by atoms with Crippen LogP contribution >= 0.6 is 11.3 Å². The number of carbonyl (C=O) groups is 1. The van der Waals surface area contributed by atoms with Gasteiger partial charge in [-0.2, -0.15) is 0 Å². The van der Waals surface area contributed by atoms with Gasteiger partial charge in [0, 0.05) is 4.88 Å². The molecule has 20 heavy (non-hydrogen) atoms. The minimum absolute atomic E-state index is 0.265. The zero-order chi connectivity index (χ0) is 13.9. The number of nitrogens with two attached hydrogens (primary N) is 1. The molecule has 5 heteroatoms. The van der Waals surface area contributed by atoms with Crippen LogP contribution in [0.15, 0.2) is 30.3 Å². The van der Waals surface area contributed by atoms with E-state index < -0.39 is 0 Å². The molecule has 1 amide bonds. The predicted molar refractivity (Wildman–Crippen MR) is 78.8 cm³/mol. The highest BCUT2D eigenvalue weighted by atomic mass is 32.1. The third-order valence-electron chi connectivity index (χ3n) is 3.47. The van der Waals surface area contributed by atoms with Crippen LogP contribution in [-0.2, 0) is 19.4 Å². The van der Waals surface area contributed by atoms with E-state index in [-0.39, 0.29) is 5.91 Å². The number of aryl methyl sites for hydroxylation is 2. The fourth-order valence-corrected chi connectivity index (χ4v) is 3.27. The highest BCUT2D eigenvalue weighted by Crippen LogP contribution is 2.27. The molecule has 104 valence electrons. The molecule has 0 bridgehead atoms. The zero-order valence-corrected chi connectivity index (χ0v) is 11.8. The van der Waals surface area contributed by atoms with Gasteiger partial charge in [0.05, 0.1) is 4.88 Å². The van der Waals surface area contributed by atoms with Gasteiger partial charge < -0.3 is 4.74 Å². The molecular weight excluding hydrogens is 272 g/mol. The monoisotopic (exact) mass is 288 g/mol. The van der Waals surface area contributed by atoms with Crippen LogP contribution in [-0.4, -0.2) is 5.91 Å². The van der Waals surface area contributed by atoms with Gasteiger partial charge in [-0.3, -0.25) is 10.2 Å². The third kappa shape index (κ3) is 2.69. The number of fused-ring (bicyclic) bond motifs is 1. The highest BCUT2D eigenvalue weighted by Gasteiger charge is 2.12. The van der Waals surface area contributed by atoms with Crippen molar-refractivity contribution in [3.8, 4) is 5.75 Å². The van der Waals surface area contributed by atoms with Crippen molar-refractivity contribution >= 4 is 17.2 Å². The molecule has 0 fully saturated rings. The van der Waals surface area contributed by atoms with Gasteiger partial charge in [0.25, 0.3) is 5.91 Å². The molecule has 0 radical (unpaired) electrons. The molecule has 0 aliphatic heterocycles. The van der Waals surface area contributed by atoms with E-state index in [1.165, 1.54) is 35.3 Å². The van der Waals surface area contributed by atoms with Gasteiger partial charge in [0.15, 0.2) is 0 Å². The number of nitrogen functional groups attached to an aromatic ring is 1. The van der Waals surface area contributed by atoms with Crippen LogP contribution in [0.3, 0.4) is 0 Å². The lowest BCUT2D eigenvalue weighted by atomic mass is 10.1. The van der Waals surface area contributed by atoms with Crippen LogP contribution in [0, 0.1) is 0 Å². The van der Waals surface area contributed by atoms with Gasteiger partial charge >= 0.3 is 0 Å². The van der Waals surface area contributed by atoms with Crippen molar-refractivity contribution in [3.05, 3.63) is 51.2 Å². The average Bonchev–Trinajstić information content (AvgIpc) is 3.12. The molecule has 1 aromatic heterocycles. The van der Waals surface area contributed by atoms with Crippen LogP contribution in [0.25, 0.3) is 0 Å². The smallest absolute Gasteiger partial charge is 0.275 e. The SMILES string of the molecule is NNC(=O)c1ccc(COc2ccc3c(c2)CCC3)s1. The molecule has 0 unspecified atom stereocenters.